The molecule has 0 saturated heterocycles. The molecule has 0 aliphatic rings. The van der Waals surface area contributed by atoms with Gasteiger partial charge in [-0.3, -0.25) is 4.79 Å². The largest absolute Gasteiger partial charge is 0.469 e. The van der Waals surface area contributed by atoms with Crippen LogP contribution in [0.15, 0.2) is 52.0 Å². The van der Waals surface area contributed by atoms with E-state index < -0.39 is 21.0 Å². The number of hydrogen-bond donors (Lipinski definition) is 1. The lowest BCUT2D eigenvalue weighted by Gasteiger charge is -2.16. The maximum absolute atomic E-state index is 12.5. The van der Waals surface area contributed by atoms with Gasteiger partial charge in [-0.2, -0.15) is 0 Å². The summed E-state index contributed by atoms with van der Waals surface area (Å²) in [4.78, 5) is 12.5. The third-order valence-electron chi connectivity index (χ3n) is 3.52. The van der Waals surface area contributed by atoms with Gasteiger partial charge in [-0.15, -0.1) is 0 Å². The second kappa shape index (κ2) is 7.00. The Morgan fingerprint density at radius 2 is 1.83 bits per heavy atom. The van der Waals surface area contributed by atoms with Crippen LogP contribution >= 0.6 is 0 Å². The van der Waals surface area contributed by atoms with Crippen LogP contribution in [0.4, 0.5) is 0 Å². The second-order valence-electron chi connectivity index (χ2n) is 5.75. The van der Waals surface area contributed by atoms with E-state index in [2.05, 4.69) is 5.32 Å². The number of furan rings is 1. The summed E-state index contributed by atoms with van der Waals surface area (Å²) in [5.74, 6) is 0.366. The number of nitrogens with one attached hydrogen (secondary N) is 1. The van der Waals surface area contributed by atoms with E-state index in [1.165, 1.54) is 12.1 Å². The molecule has 0 fully saturated rings. The Kier molecular flexibility index (Phi) is 5.26. The molecule has 0 radical (unpaired) electrons. The minimum absolute atomic E-state index is 0.0673. The molecule has 0 aliphatic carbocycles. The Morgan fingerprint density at radius 3 is 2.43 bits per heavy atom. The third-order valence-corrected chi connectivity index (χ3v) is 5.73. The van der Waals surface area contributed by atoms with Crippen molar-refractivity contribution < 1.29 is 17.6 Å². The lowest BCUT2D eigenvalue weighted by molar-refractivity contribution is 0.0936. The van der Waals surface area contributed by atoms with E-state index in [1.54, 1.807) is 38.3 Å². The van der Waals surface area contributed by atoms with Crippen LogP contribution in [0.3, 0.4) is 0 Å². The summed E-state index contributed by atoms with van der Waals surface area (Å²) in [5.41, 5.74) is 0.174. The van der Waals surface area contributed by atoms with Crippen molar-refractivity contribution in [3.8, 4) is 0 Å². The molecule has 1 aromatic carbocycles. The zero-order valence-electron chi connectivity index (χ0n) is 13.4. The van der Waals surface area contributed by atoms with E-state index in [0.717, 1.165) is 5.76 Å². The molecule has 0 bridgehead atoms. The molecule has 124 valence electrons. The van der Waals surface area contributed by atoms with Crippen molar-refractivity contribution >= 4 is 15.7 Å². The summed E-state index contributed by atoms with van der Waals surface area (Å²) >= 11 is 0. The van der Waals surface area contributed by atoms with Gasteiger partial charge in [-0.25, -0.2) is 8.42 Å². The van der Waals surface area contributed by atoms with E-state index in [4.69, 9.17) is 4.42 Å². The summed E-state index contributed by atoms with van der Waals surface area (Å²) in [6.07, 6.45) is 2.12. The molecule has 0 aliphatic heterocycles. The fourth-order valence-corrected chi connectivity index (χ4v) is 3.48. The number of carbonyl (C=O) groups is 1. The highest BCUT2D eigenvalue weighted by atomic mass is 32.2. The van der Waals surface area contributed by atoms with Crippen molar-refractivity contribution in [2.45, 2.75) is 43.4 Å². The van der Waals surface area contributed by atoms with Crippen LogP contribution in [0.1, 0.15) is 36.9 Å². The van der Waals surface area contributed by atoms with Gasteiger partial charge in [0.15, 0.2) is 9.84 Å². The molecular weight excluding hydrogens is 314 g/mol. The van der Waals surface area contributed by atoms with Gasteiger partial charge >= 0.3 is 0 Å². The van der Waals surface area contributed by atoms with Crippen LogP contribution < -0.4 is 5.32 Å². The highest BCUT2D eigenvalue weighted by Crippen LogP contribution is 2.20. The molecule has 23 heavy (non-hydrogen) atoms. The van der Waals surface area contributed by atoms with Crippen molar-refractivity contribution in [1.29, 1.82) is 0 Å². The van der Waals surface area contributed by atoms with Crippen molar-refractivity contribution in [3.05, 3.63) is 54.0 Å². The fraction of sp³-hybridized carbons (Fsp3) is 0.353. The highest BCUT2D eigenvalue weighted by Gasteiger charge is 2.25. The number of sulfone groups is 1. The summed E-state index contributed by atoms with van der Waals surface area (Å²) in [6, 6.07) is 9.73. The molecule has 6 heteroatoms. The summed E-state index contributed by atoms with van der Waals surface area (Å²) in [7, 11) is -3.52. The van der Waals surface area contributed by atoms with E-state index in [0.29, 0.717) is 6.42 Å². The first-order chi connectivity index (χ1) is 10.8. The lowest BCUT2D eigenvalue weighted by Crippen LogP contribution is -2.35. The van der Waals surface area contributed by atoms with Gasteiger partial charge in [0, 0.05) is 12.5 Å². The van der Waals surface area contributed by atoms with Gasteiger partial charge in [0.1, 0.15) is 5.76 Å². The van der Waals surface area contributed by atoms with Crippen LogP contribution in [-0.4, -0.2) is 25.6 Å². The van der Waals surface area contributed by atoms with Crippen molar-refractivity contribution in [2.24, 2.45) is 0 Å². The molecule has 2 aromatic rings. The van der Waals surface area contributed by atoms with Gasteiger partial charge in [-0.05, 0) is 45.0 Å². The number of carbonyl (C=O) groups excluding carboxylic acids is 1. The minimum Gasteiger partial charge on any atom is -0.469 e. The smallest absolute Gasteiger partial charge is 0.252 e. The van der Waals surface area contributed by atoms with Crippen LogP contribution in [0.5, 0.6) is 0 Å². The Labute approximate surface area is 136 Å². The average molecular weight is 335 g/mol. The van der Waals surface area contributed by atoms with Gasteiger partial charge in [0.05, 0.1) is 22.0 Å². The number of benzene rings is 1. The summed E-state index contributed by atoms with van der Waals surface area (Å²) < 4.78 is 30.1. The maximum Gasteiger partial charge on any atom is 0.252 e. The molecular formula is C17H21NO4S. The van der Waals surface area contributed by atoms with Crippen molar-refractivity contribution in [2.75, 3.05) is 0 Å². The Bertz CT molecular complexity index is 764. The van der Waals surface area contributed by atoms with E-state index in [1.807, 2.05) is 13.0 Å². The maximum atomic E-state index is 12.5. The SMILES string of the molecule is CC(Cc1ccco1)NC(=O)c1ccccc1S(=O)(=O)C(C)C. The Morgan fingerprint density at radius 1 is 1.13 bits per heavy atom. The van der Waals surface area contributed by atoms with E-state index >= 15 is 0 Å². The highest BCUT2D eigenvalue weighted by molar-refractivity contribution is 7.92. The molecule has 1 unspecified atom stereocenters. The fourth-order valence-electron chi connectivity index (χ4n) is 2.24. The summed E-state index contributed by atoms with van der Waals surface area (Å²) in [5, 5.41) is 2.24. The molecule has 0 saturated carbocycles. The number of hydrogen-bond acceptors (Lipinski definition) is 4. The predicted molar refractivity (Wildman–Crippen MR) is 88.1 cm³/mol. The first-order valence-electron chi connectivity index (χ1n) is 7.48. The zero-order chi connectivity index (χ0) is 17.0. The van der Waals surface area contributed by atoms with Crippen molar-refractivity contribution in [3.63, 3.8) is 0 Å². The normalized spacial score (nSPS) is 13.0. The molecule has 5 nitrogen and oxygen atoms in total. The quantitative estimate of drug-likeness (QED) is 0.880. The van der Waals surface area contributed by atoms with Crippen LogP contribution in [-0.2, 0) is 16.3 Å². The van der Waals surface area contributed by atoms with Gasteiger partial charge in [-0.1, -0.05) is 12.1 Å². The van der Waals surface area contributed by atoms with E-state index in [-0.39, 0.29) is 16.5 Å². The molecule has 2 rings (SSSR count). The molecule has 0 spiro atoms. The lowest BCUT2D eigenvalue weighted by atomic mass is 10.1. The van der Waals surface area contributed by atoms with E-state index in [9.17, 15) is 13.2 Å². The molecule has 1 atom stereocenters. The average Bonchev–Trinajstić information content (AvgIpc) is 2.99. The van der Waals surface area contributed by atoms with Crippen molar-refractivity contribution in [1.82, 2.24) is 5.32 Å². The zero-order valence-corrected chi connectivity index (χ0v) is 14.3. The number of amides is 1. The minimum atomic E-state index is -3.52. The predicted octanol–water partition coefficient (Wildman–Crippen LogP) is 2.82. The monoisotopic (exact) mass is 335 g/mol. The van der Waals surface area contributed by atoms with Crippen LogP contribution in [0.2, 0.25) is 0 Å². The third kappa shape index (κ3) is 4.01. The standard InChI is InChI=1S/C17H21NO4S/c1-12(2)23(20,21)16-9-5-4-8-15(16)17(19)18-13(3)11-14-7-6-10-22-14/h4-10,12-13H,11H2,1-3H3,(H,18,19). The second-order valence-corrected chi connectivity index (χ2v) is 8.22. The molecule has 1 heterocycles. The first kappa shape index (κ1) is 17.3. The first-order valence-corrected chi connectivity index (χ1v) is 9.03. The molecule has 1 amide bonds. The Hall–Kier alpha value is -2.08. The van der Waals surface area contributed by atoms with Gasteiger partial charge in [0.2, 0.25) is 0 Å². The van der Waals surface area contributed by atoms with Gasteiger partial charge in [0.25, 0.3) is 5.91 Å². The molecule has 1 aromatic heterocycles. The number of rotatable bonds is 6. The van der Waals surface area contributed by atoms with Crippen LogP contribution in [0, 0.1) is 0 Å². The van der Waals surface area contributed by atoms with Gasteiger partial charge < -0.3 is 9.73 Å². The van der Waals surface area contributed by atoms with Crippen LogP contribution in [0.25, 0.3) is 0 Å². The molecule has 1 N–H and O–H groups in total. The summed E-state index contributed by atoms with van der Waals surface area (Å²) in [6.45, 7) is 5.05. The topological polar surface area (TPSA) is 76.4 Å². The Balaban J connectivity index is 2.20.